The number of aromatic nitrogens is 2. The number of Topliss-reactive ketones (excluding diaryl/α,β-unsaturated/α-hetero) is 1. The highest BCUT2D eigenvalue weighted by Crippen LogP contribution is 2.48. The first kappa shape index (κ1) is 21.2. The molecule has 1 N–H and O–H groups in total. The molecule has 1 aromatic heterocycles. The maximum absolute atomic E-state index is 13.4. The van der Waals surface area contributed by atoms with E-state index in [1.807, 2.05) is 0 Å². The first-order valence-electron chi connectivity index (χ1n) is 8.75. The Balaban J connectivity index is 1.68. The first-order valence-corrected chi connectivity index (χ1v) is 9.13. The normalized spacial score (nSPS) is 15.5. The van der Waals surface area contributed by atoms with Crippen molar-refractivity contribution >= 4 is 23.3 Å². The van der Waals surface area contributed by atoms with Crippen LogP contribution in [0, 0.1) is 5.82 Å². The lowest BCUT2D eigenvalue weighted by atomic mass is 9.62. The molecule has 3 rings (SSSR count). The smallest absolute Gasteiger partial charge is 0.341 e. The Morgan fingerprint density at radius 2 is 1.83 bits per heavy atom. The van der Waals surface area contributed by atoms with Crippen molar-refractivity contribution in [2.75, 3.05) is 6.54 Å². The van der Waals surface area contributed by atoms with Crippen molar-refractivity contribution in [3.63, 3.8) is 0 Å². The van der Waals surface area contributed by atoms with Crippen LogP contribution in [0.1, 0.15) is 41.0 Å². The number of carbonyl (C=O) groups is 2. The monoisotopic (exact) mass is 429 g/mol. The molecule has 1 amide bonds. The fourth-order valence-corrected chi connectivity index (χ4v) is 3.69. The fraction of sp³-hybridized carbons (Fsp3) is 0.368. The Morgan fingerprint density at radius 3 is 2.34 bits per heavy atom. The SMILES string of the molecule is O=C(CNC(=O)C(F)(F)F)c1cnc(CC2(c3ccc(F)cc3Cl)CCC2)nc1. The van der Waals surface area contributed by atoms with E-state index in [9.17, 15) is 27.2 Å². The Kier molecular flexibility index (Phi) is 5.88. The number of halogens is 5. The van der Waals surface area contributed by atoms with Gasteiger partial charge in [-0.25, -0.2) is 14.4 Å². The van der Waals surface area contributed by atoms with E-state index in [1.165, 1.54) is 29.8 Å². The number of rotatable bonds is 6. The highest BCUT2D eigenvalue weighted by molar-refractivity contribution is 6.31. The van der Waals surface area contributed by atoms with E-state index < -0.39 is 30.2 Å². The number of amides is 1. The third kappa shape index (κ3) is 4.72. The molecule has 1 saturated carbocycles. The van der Waals surface area contributed by atoms with Crippen molar-refractivity contribution in [2.24, 2.45) is 0 Å². The summed E-state index contributed by atoms with van der Waals surface area (Å²) in [6.07, 6.45) is 0.421. The number of carbonyl (C=O) groups excluding carboxylic acids is 2. The number of alkyl halides is 3. The van der Waals surface area contributed by atoms with Crippen LogP contribution < -0.4 is 5.32 Å². The molecular formula is C19H16ClF4N3O2. The van der Waals surface area contributed by atoms with Gasteiger partial charge in [-0.05, 0) is 30.5 Å². The van der Waals surface area contributed by atoms with Crippen molar-refractivity contribution in [3.05, 3.63) is 58.4 Å². The topological polar surface area (TPSA) is 72.0 Å². The van der Waals surface area contributed by atoms with Gasteiger partial charge in [-0.1, -0.05) is 24.1 Å². The Bertz CT molecular complexity index is 928. The molecule has 1 fully saturated rings. The maximum atomic E-state index is 13.4. The van der Waals surface area contributed by atoms with Gasteiger partial charge < -0.3 is 5.32 Å². The molecule has 154 valence electrons. The molecule has 0 bridgehead atoms. The van der Waals surface area contributed by atoms with E-state index in [1.54, 1.807) is 6.07 Å². The van der Waals surface area contributed by atoms with Gasteiger partial charge in [-0.15, -0.1) is 0 Å². The molecular weight excluding hydrogens is 414 g/mol. The number of hydrogen-bond donors (Lipinski definition) is 1. The van der Waals surface area contributed by atoms with Gasteiger partial charge in [0.2, 0.25) is 0 Å². The average Bonchev–Trinajstić information content (AvgIpc) is 2.62. The molecule has 0 atom stereocenters. The van der Waals surface area contributed by atoms with Crippen LogP contribution in [-0.2, 0) is 16.6 Å². The summed E-state index contributed by atoms with van der Waals surface area (Å²) in [6.45, 7) is -0.809. The summed E-state index contributed by atoms with van der Waals surface area (Å²) >= 11 is 6.21. The number of ketones is 1. The van der Waals surface area contributed by atoms with E-state index in [0.717, 1.165) is 24.8 Å². The van der Waals surface area contributed by atoms with Gasteiger partial charge in [0.05, 0.1) is 12.1 Å². The highest BCUT2D eigenvalue weighted by Gasteiger charge is 2.41. The van der Waals surface area contributed by atoms with Crippen LogP contribution in [0.15, 0.2) is 30.6 Å². The van der Waals surface area contributed by atoms with E-state index in [0.29, 0.717) is 17.3 Å². The molecule has 5 nitrogen and oxygen atoms in total. The van der Waals surface area contributed by atoms with E-state index in [4.69, 9.17) is 11.6 Å². The van der Waals surface area contributed by atoms with Gasteiger partial charge in [0.1, 0.15) is 11.6 Å². The summed E-state index contributed by atoms with van der Waals surface area (Å²) in [5.41, 5.74) is 0.473. The summed E-state index contributed by atoms with van der Waals surface area (Å²) in [7, 11) is 0. The quantitative estimate of drug-likeness (QED) is 0.560. The van der Waals surface area contributed by atoms with Crippen molar-refractivity contribution in [2.45, 2.75) is 37.3 Å². The number of benzene rings is 1. The molecule has 0 radical (unpaired) electrons. The Morgan fingerprint density at radius 1 is 1.17 bits per heavy atom. The molecule has 0 aliphatic heterocycles. The van der Waals surface area contributed by atoms with Gasteiger partial charge in [-0.3, -0.25) is 9.59 Å². The molecule has 0 unspecified atom stereocenters. The third-order valence-corrected chi connectivity index (χ3v) is 5.32. The van der Waals surface area contributed by atoms with Crippen molar-refractivity contribution in [3.8, 4) is 0 Å². The fourth-order valence-electron chi connectivity index (χ4n) is 3.32. The number of nitrogens with one attached hydrogen (secondary N) is 1. The Labute approximate surface area is 168 Å². The zero-order valence-electron chi connectivity index (χ0n) is 15.0. The second-order valence-corrected chi connectivity index (χ2v) is 7.33. The summed E-state index contributed by atoms with van der Waals surface area (Å²) in [5.74, 6) is -2.92. The second kappa shape index (κ2) is 8.06. The van der Waals surface area contributed by atoms with Crippen molar-refractivity contribution in [1.82, 2.24) is 15.3 Å². The zero-order valence-corrected chi connectivity index (χ0v) is 15.8. The van der Waals surface area contributed by atoms with Crippen LogP contribution in [-0.4, -0.2) is 34.4 Å². The van der Waals surface area contributed by atoms with Crippen molar-refractivity contribution < 1.29 is 27.2 Å². The predicted molar refractivity (Wildman–Crippen MR) is 96.1 cm³/mol. The maximum Gasteiger partial charge on any atom is 0.471 e. The van der Waals surface area contributed by atoms with Crippen LogP contribution in [0.3, 0.4) is 0 Å². The molecule has 0 saturated heterocycles. The van der Waals surface area contributed by atoms with E-state index >= 15 is 0 Å². The van der Waals surface area contributed by atoms with Gasteiger partial charge in [-0.2, -0.15) is 13.2 Å². The van der Waals surface area contributed by atoms with Gasteiger partial charge in [0.25, 0.3) is 0 Å². The van der Waals surface area contributed by atoms with E-state index in [-0.39, 0.29) is 11.0 Å². The van der Waals surface area contributed by atoms with Crippen molar-refractivity contribution in [1.29, 1.82) is 0 Å². The predicted octanol–water partition coefficient (Wildman–Crippen LogP) is 3.79. The molecule has 29 heavy (non-hydrogen) atoms. The van der Waals surface area contributed by atoms with Gasteiger partial charge in [0.15, 0.2) is 5.78 Å². The lowest BCUT2D eigenvalue weighted by Gasteiger charge is -2.42. The molecule has 1 aromatic carbocycles. The largest absolute Gasteiger partial charge is 0.471 e. The van der Waals surface area contributed by atoms with Crippen LogP contribution in [0.25, 0.3) is 0 Å². The highest BCUT2D eigenvalue weighted by atomic mass is 35.5. The summed E-state index contributed by atoms with van der Waals surface area (Å²) in [4.78, 5) is 31.0. The lowest BCUT2D eigenvalue weighted by molar-refractivity contribution is -0.173. The average molecular weight is 430 g/mol. The molecule has 10 heteroatoms. The minimum absolute atomic E-state index is 0.0151. The third-order valence-electron chi connectivity index (χ3n) is 5.00. The van der Waals surface area contributed by atoms with Crippen LogP contribution in [0.2, 0.25) is 5.02 Å². The summed E-state index contributed by atoms with van der Waals surface area (Å²) < 4.78 is 49.8. The number of nitrogens with zero attached hydrogens (tertiary/aromatic N) is 2. The van der Waals surface area contributed by atoms with Crippen LogP contribution in [0.5, 0.6) is 0 Å². The lowest BCUT2D eigenvalue weighted by Crippen LogP contribution is -2.39. The summed E-state index contributed by atoms with van der Waals surface area (Å²) in [6, 6.07) is 4.26. The van der Waals surface area contributed by atoms with Gasteiger partial charge >= 0.3 is 12.1 Å². The number of hydrogen-bond acceptors (Lipinski definition) is 4. The minimum Gasteiger partial charge on any atom is -0.341 e. The minimum atomic E-state index is -5.06. The zero-order chi connectivity index (χ0) is 21.2. The summed E-state index contributed by atoms with van der Waals surface area (Å²) in [5, 5.41) is 1.84. The Hall–Kier alpha value is -2.55. The first-order chi connectivity index (χ1) is 13.6. The van der Waals surface area contributed by atoms with Crippen LogP contribution in [0.4, 0.5) is 17.6 Å². The molecule has 1 heterocycles. The molecule has 1 aliphatic carbocycles. The molecule has 0 spiro atoms. The van der Waals surface area contributed by atoms with Gasteiger partial charge in [0, 0.05) is 29.3 Å². The second-order valence-electron chi connectivity index (χ2n) is 6.93. The van der Waals surface area contributed by atoms with E-state index in [2.05, 4.69) is 9.97 Å². The van der Waals surface area contributed by atoms with Crippen LogP contribution >= 0.6 is 11.6 Å². The molecule has 2 aromatic rings. The molecule has 1 aliphatic rings. The standard InChI is InChI=1S/C19H16ClF4N3O2/c20-14-6-12(21)2-3-13(14)18(4-1-5-18)7-16-25-8-11(9-26-16)15(28)10-27-17(29)19(22,23)24/h2-3,6,8-9H,1,4-5,7,10H2,(H,27,29).